The standard InChI is InChI=1S/C20H24F3N7OS/c1-20(23)9-27-6-7-30(10-20)17(26-2)13(8-24)28-18(31)15-16(25)32-19(29-15)14-11(21)4-3-5-12(14)22/h3-5,8,13,24,27H,6-7,9-10,25H2,1-2H3,(H,28,31). The van der Waals surface area contributed by atoms with Gasteiger partial charge in [0.25, 0.3) is 5.91 Å². The van der Waals surface area contributed by atoms with Crippen LogP contribution in [0.5, 0.6) is 0 Å². The number of hydrogen-bond acceptors (Lipinski definition) is 7. The Morgan fingerprint density at radius 1 is 1.47 bits per heavy atom. The van der Waals surface area contributed by atoms with E-state index in [1.54, 1.807) is 4.90 Å². The summed E-state index contributed by atoms with van der Waals surface area (Å²) in [5.41, 5.74) is 3.78. The van der Waals surface area contributed by atoms with Gasteiger partial charge in [-0.15, -0.1) is 0 Å². The monoisotopic (exact) mass is 467 g/mol. The van der Waals surface area contributed by atoms with Crippen LogP contribution in [0.4, 0.5) is 18.2 Å². The third-order valence-corrected chi connectivity index (χ3v) is 5.80. The minimum absolute atomic E-state index is 0.0302. The van der Waals surface area contributed by atoms with Crippen molar-refractivity contribution in [3.63, 3.8) is 0 Å². The summed E-state index contributed by atoms with van der Waals surface area (Å²) in [5.74, 6) is -2.09. The molecule has 8 nitrogen and oxygen atoms in total. The van der Waals surface area contributed by atoms with Gasteiger partial charge in [-0.05, 0) is 19.1 Å². The van der Waals surface area contributed by atoms with E-state index >= 15 is 0 Å². The molecule has 2 aromatic rings. The predicted molar refractivity (Wildman–Crippen MR) is 119 cm³/mol. The molecule has 1 fully saturated rings. The van der Waals surface area contributed by atoms with Crippen LogP contribution in [0.2, 0.25) is 0 Å². The summed E-state index contributed by atoms with van der Waals surface area (Å²) in [4.78, 5) is 22.7. The first kappa shape index (κ1) is 23.7. The summed E-state index contributed by atoms with van der Waals surface area (Å²) in [6.45, 7) is 2.61. The average Bonchev–Trinajstić information content (AvgIpc) is 3.01. The third kappa shape index (κ3) is 5.07. The molecule has 1 aromatic heterocycles. The number of nitrogens with zero attached hydrogens (tertiary/aromatic N) is 3. The molecule has 0 saturated carbocycles. The quantitative estimate of drug-likeness (QED) is 0.397. The SMILES string of the molecule is CN=C(C(C=N)NC(=O)c1nc(-c2c(F)cccc2F)sc1N)N1CCNCC(C)(F)C1. The Bertz CT molecular complexity index is 1020. The first-order chi connectivity index (χ1) is 15.2. The molecule has 1 aromatic carbocycles. The zero-order chi connectivity index (χ0) is 23.5. The van der Waals surface area contributed by atoms with Crippen molar-refractivity contribution >= 4 is 34.3 Å². The Kier molecular flexibility index (Phi) is 7.14. The Morgan fingerprint density at radius 2 is 2.16 bits per heavy atom. The summed E-state index contributed by atoms with van der Waals surface area (Å²) < 4.78 is 42.9. The number of amidine groups is 1. The molecule has 1 saturated heterocycles. The number of aromatic nitrogens is 1. The maximum atomic E-state index is 14.7. The van der Waals surface area contributed by atoms with Gasteiger partial charge < -0.3 is 26.7 Å². The number of amides is 1. The summed E-state index contributed by atoms with van der Waals surface area (Å²) in [6, 6.07) is 2.41. The minimum Gasteiger partial charge on any atom is -0.389 e. The second-order valence-corrected chi connectivity index (χ2v) is 8.57. The highest BCUT2D eigenvalue weighted by Crippen LogP contribution is 2.33. The predicted octanol–water partition coefficient (Wildman–Crippen LogP) is 2.08. The fourth-order valence-corrected chi connectivity index (χ4v) is 4.34. The summed E-state index contributed by atoms with van der Waals surface area (Å²) >= 11 is 0.774. The molecule has 3 rings (SSSR count). The molecule has 2 heterocycles. The Labute approximate surface area is 187 Å². The van der Waals surface area contributed by atoms with E-state index in [9.17, 15) is 18.0 Å². The molecule has 1 aliphatic rings. The van der Waals surface area contributed by atoms with Crippen LogP contribution in [-0.4, -0.2) is 72.8 Å². The highest BCUT2D eigenvalue weighted by Gasteiger charge is 2.33. The topological polar surface area (TPSA) is 119 Å². The van der Waals surface area contributed by atoms with Crippen molar-refractivity contribution in [3.8, 4) is 10.6 Å². The number of carbonyl (C=O) groups is 1. The number of rotatable bonds is 5. The van der Waals surface area contributed by atoms with Gasteiger partial charge in [0.05, 0.1) is 12.1 Å². The van der Waals surface area contributed by atoms with Crippen molar-refractivity contribution in [2.24, 2.45) is 4.99 Å². The normalized spacial score (nSPS) is 20.5. The molecule has 172 valence electrons. The Morgan fingerprint density at radius 3 is 2.78 bits per heavy atom. The summed E-state index contributed by atoms with van der Waals surface area (Å²) in [6.07, 6.45) is 0.966. The number of benzene rings is 1. The number of thiazole rings is 1. The second kappa shape index (κ2) is 9.65. The Hall–Kier alpha value is -2.99. The lowest BCUT2D eigenvalue weighted by molar-refractivity contribution is 0.0949. The van der Waals surface area contributed by atoms with Crippen molar-refractivity contribution in [2.75, 3.05) is 39.0 Å². The van der Waals surface area contributed by atoms with E-state index in [1.165, 1.54) is 20.0 Å². The number of aliphatic imine (C=N–C) groups is 1. The number of alkyl halides is 1. The number of carbonyl (C=O) groups excluding carboxylic acids is 1. The van der Waals surface area contributed by atoms with Crippen LogP contribution in [0.1, 0.15) is 17.4 Å². The first-order valence-electron chi connectivity index (χ1n) is 9.80. The van der Waals surface area contributed by atoms with Gasteiger partial charge in [-0.3, -0.25) is 9.79 Å². The summed E-state index contributed by atoms with van der Waals surface area (Å²) in [5, 5.41) is 13.3. The fraction of sp³-hybridized carbons (Fsp3) is 0.400. The van der Waals surface area contributed by atoms with Crippen LogP contribution in [0.3, 0.4) is 0 Å². The van der Waals surface area contributed by atoms with E-state index < -0.39 is 29.3 Å². The molecule has 2 atom stereocenters. The zero-order valence-corrected chi connectivity index (χ0v) is 18.4. The number of nitrogens with two attached hydrogens (primary N) is 1. The lowest BCUT2D eigenvalue weighted by Crippen LogP contribution is -2.52. The van der Waals surface area contributed by atoms with Crippen molar-refractivity contribution in [1.82, 2.24) is 20.5 Å². The van der Waals surface area contributed by atoms with Crippen molar-refractivity contribution < 1.29 is 18.0 Å². The van der Waals surface area contributed by atoms with Gasteiger partial charge in [0.1, 0.15) is 39.2 Å². The molecule has 1 amide bonds. The maximum Gasteiger partial charge on any atom is 0.273 e. The molecule has 0 spiro atoms. The third-order valence-electron chi connectivity index (χ3n) is 4.90. The van der Waals surface area contributed by atoms with Gasteiger partial charge in [-0.1, -0.05) is 17.4 Å². The molecule has 1 aliphatic heterocycles. The van der Waals surface area contributed by atoms with E-state index in [0.29, 0.717) is 18.9 Å². The molecule has 5 N–H and O–H groups in total. The van der Waals surface area contributed by atoms with Crippen LogP contribution >= 0.6 is 11.3 Å². The number of nitrogen functional groups attached to an aromatic ring is 1. The molecule has 12 heteroatoms. The van der Waals surface area contributed by atoms with Crippen molar-refractivity contribution in [2.45, 2.75) is 18.6 Å². The van der Waals surface area contributed by atoms with Gasteiger partial charge in [0, 0.05) is 32.9 Å². The summed E-state index contributed by atoms with van der Waals surface area (Å²) in [7, 11) is 1.49. The van der Waals surface area contributed by atoms with Crippen molar-refractivity contribution in [1.29, 1.82) is 5.41 Å². The van der Waals surface area contributed by atoms with Crippen LogP contribution in [0, 0.1) is 17.0 Å². The highest BCUT2D eigenvalue weighted by molar-refractivity contribution is 7.19. The fourth-order valence-electron chi connectivity index (χ4n) is 3.46. The second-order valence-electron chi connectivity index (χ2n) is 7.54. The zero-order valence-electron chi connectivity index (χ0n) is 17.6. The number of hydrogen-bond donors (Lipinski definition) is 4. The van der Waals surface area contributed by atoms with Crippen LogP contribution in [0.15, 0.2) is 23.2 Å². The lowest BCUT2D eigenvalue weighted by Gasteiger charge is -2.31. The van der Waals surface area contributed by atoms with E-state index in [4.69, 9.17) is 11.1 Å². The van der Waals surface area contributed by atoms with Crippen LogP contribution in [-0.2, 0) is 0 Å². The van der Waals surface area contributed by atoms with E-state index in [2.05, 4.69) is 20.6 Å². The van der Waals surface area contributed by atoms with E-state index in [1.807, 2.05) is 0 Å². The smallest absolute Gasteiger partial charge is 0.273 e. The Balaban J connectivity index is 1.83. The molecule has 0 aliphatic carbocycles. The van der Waals surface area contributed by atoms with Crippen LogP contribution in [0.25, 0.3) is 10.6 Å². The molecule has 32 heavy (non-hydrogen) atoms. The molecule has 0 bridgehead atoms. The van der Waals surface area contributed by atoms with Gasteiger partial charge in [0.15, 0.2) is 5.69 Å². The lowest BCUT2D eigenvalue weighted by atomic mass is 10.1. The minimum atomic E-state index is -1.53. The molecule has 0 radical (unpaired) electrons. The van der Waals surface area contributed by atoms with E-state index in [0.717, 1.165) is 29.7 Å². The molecular weight excluding hydrogens is 443 g/mol. The van der Waals surface area contributed by atoms with Gasteiger partial charge >= 0.3 is 0 Å². The average molecular weight is 468 g/mol. The van der Waals surface area contributed by atoms with Gasteiger partial charge in [-0.2, -0.15) is 0 Å². The van der Waals surface area contributed by atoms with Crippen molar-refractivity contribution in [3.05, 3.63) is 35.5 Å². The van der Waals surface area contributed by atoms with E-state index in [-0.39, 0.29) is 34.4 Å². The number of nitrogens with one attached hydrogen (secondary N) is 3. The maximum absolute atomic E-state index is 14.7. The molecular formula is C20H24F3N7OS. The first-order valence-corrected chi connectivity index (χ1v) is 10.6. The molecule has 2 unspecified atom stereocenters. The highest BCUT2D eigenvalue weighted by atomic mass is 32.1. The number of anilines is 1. The van der Waals surface area contributed by atoms with Gasteiger partial charge in [0.2, 0.25) is 0 Å². The largest absolute Gasteiger partial charge is 0.389 e. The van der Waals surface area contributed by atoms with Gasteiger partial charge in [-0.25, -0.2) is 18.2 Å². The van der Waals surface area contributed by atoms with Crippen LogP contribution < -0.4 is 16.4 Å². The number of halogens is 3.